The molecule has 1 aliphatic rings. The van der Waals surface area contributed by atoms with Crippen molar-refractivity contribution in [1.29, 1.82) is 0 Å². The van der Waals surface area contributed by atoms with Gasteiger partial charge in [-0.3, -0.25) is 0 Å². The van der Waals surface area contributed by atoms with Gasteiger partial charge in [-0.2, -0.15) is 0 Å². The molecule has 1 atom stereocenters. The smallest absolute Gasteiger partial charge is 0.0595 e. The average molecular weight is 214 g/mol. The van der Waals surface area contributed by atoms with Gasteiger partial charge in [-0.1, -0.05) is 6.92 Å². The van der Waals surface area contributed by atoms with Crippen LogP contribution in [-0.4, -0.2) is 43.8 Å². The van der Waals surface area contributed by atoms with Crippen molar-refractivity contribution in [2.45, 2.75) is 51.2 Å². The van der Waals surface area contributed by atoms with E-state index in [0.717, 1.165) is 6.42 Å². The minimum Gasteiger partial charge on any atom is -0.381 e. The van der Waals surface area contributed by atoms with Crippen molar-refractivity contribution >= 4 is 0 Å². The second-order valence-electron chi connectivity index (χ2n) is 4.59. The van der Waals surface area contributed by atoms with E-state index in [2.05, 4.69) is 11.8 Å². The first kappa shape index (κ1) is 12.9. The Hall–Kier alpha value is -0.120. The van der Waals surface area contributed by atoms with Crippen LogP contribution in [0.4, 0.5) is 0 Å². The molecule has 1 heterocycles. The fraction of sp³-hybridized carbons (Fsp3) is 1.00. The molecular formula is C12H26N2O. The Morgan fingerprint density at radius 1 is 1.40 bits per heavy atom. The van der Waals surface area contributed by atoms with Crippen LogP contribution in [0.15, 0.2) is 0 Å². The fourth-order valence-electron chi connectivity index (χ4n) is 2.15. The molecule has 1 rings (SSSR count). The number of piperidine rings is 1. The van der Waals surface area contributed by atoms with E-state index >= 15 is 0 Å². The summed E-state index contributed by atoms with van der Waals surface area (Å²) in [4.78, 5) is 2.54. The molecule has 15 heavy (non-hydrogen) atoms. The summed E-state index contributed by atoms with van der Waals surface area (Å²) in [6.45, 7) is 5.76. The number of rotatable bonds is 6. The molecule has 1 saturated heterocycles. The van der Waals surface area contributed by atoms with Gasteiger partial charge in [0, 0.05) is 26.2 Å². The number of nitrogens with zero attached hydrogens (tertiary/aromatic N) is 1. The first-order chi connectivity index (χ1) is 7.26. The highest BCUT2D eigenvalue weighted by Gasteiger charge is 2.17. The van der Waals surface area contributed by atoms with Crippen LogP contribution in [0.5, 0.6) is 0 Å². The summed E-state index contributed by atoms with van der Waals surface area (Å²) in [5.74, 6) is 0. The zero-order valence-electron chi connectivity index (χ0n) is 10.2. The van der Waals surface area contributed by atoms with Crippen molar-refractivity contribution in [2.24, 2.45) is 5.73 Å². The lowest BCUT2D eigenvalue weighted by Gasteiger charge is -2.31. The predicted molar refractivity (Wildman–Crippen MR) is 64.0 cm³/mol. The molecule has 90 valence electrons. The van der Waals surface area contributed by atoms with Gasteiger partial charge < -0.3 is 15.4 Å². The first-order valence-electron chi connectivity index (χ1n) is 6.27. The van der Waals surface area contributed by atoms with Crippen LogP contribution >= 0.6 is 0 Å². The van der Waals surface area contributed by atoms with Gasteiger partial charge in [0.05, 0.1) is 6.10 Å². The van der Waals surface area contributed by atoms with E-state index in [0.29, 0.717) is 12.1 Å². The number of likely N-dealkylation sites (tertiary alicyclic amines) is 1. The molecule has 0 spiro atoms. The van der Waals surface area contributed by atoms with Gasteiger partial charge >= 0.3 is 0 Å². The Morgan fingerprint density at radius 2 is 2.07 bits per heavy atom. The fourth-order valence-corrected chi connectivity index (χ4v) is 2.15. The highest BCUT2D eigenvalue weighted by Crippen LogP contribution is 2.13. The Bertz CT molecular complexity index is 156. The zero-order chi connectivity index (χ0) is 11.1. The van der Waals surface area contributed by atoms with Crippen molar-refractivity contribution < 1.29 is 4.74 Å². The zero-order valence-corrected chi connectivity index (χ0v) is 10.2. The van der Waals surface area contributed by atoms with E-state index in [1.165, 1.54) is 45.3 Å². The quantitative estimate of drug-likeness (QED) is 0.730. The molecule has 1 fully saturated rings. The molecule has 0 aliphatic carbocycles. The summed E-state index contributed by atoms with van der Waals surface area (Å²) in [6.07, 6.45) is 6.39. The van der Waals surface area contributed by atoms with Gasteiger partial charge in [0.2, 0.25) is 0 Å². The Balaban J connectivity index is 2.03. The van der Waals surface area contributed by atoms with Gasteiger partial charge in [-0.15, -0.1) is 0 Å². The van der Waals surface area contributed by atoms with Crippen LogP contribution in [0, 0.1) is 0 Å². The van der Waals surface area contributed by atoms with Crippen molar-refractivity contribution in [1.82, 2.24) is 4.90 Å². The third-order valence-corrected chi connectivity index (χ3v) is 3.44. The van der Waals surface area contributed by atoms with Crippen molar-refractivity contribution in [3.63, 3.8) is 0 Å². The summed E-state index contributed by atoms with van der Waals surface area (Å²) in [7, 11) is 1.82. The Labute approximate surface area is 94.0 Å². The number of ether oxygens (including phenoxy) is 1. The molecule has 0 saturated carbocycles. The molecule has 2 N–H and O–H groups in total. The van der Waals surface area contributed by atoms with E-state index in [1.54, 1.807) is 0 Å². The van der Waals surface area contributed by atoms with Crippen LogP contribution in [-0.2, 0) is 4.74 Å². The molecule has 0 amide bonds. The Morgan fingerprint density at radius 3 is 2.60 bits per heavy atom. The van der Waals surface area contributed by atoms with Crippen LogP contribution in [0.25, 0.3) is 0 Å². The first-order valence-corrected chi connectivity index (χ1v) is 6.27. The van der Waals surface area contributed by atoms with Crippen molar-refractivity contribution in [2.75, 3.05) is 26.7 Å². The topological polar surface area (TPSA) is 38.5 Å². The summed E-state index contributed by atoms with van der Waals surface area (Å²) in [6, 6.07) is 0.404. The molecule has 3 heteroatoms. The van der Waals surface area contributed by atoms with Crippen LogP contribution in [0.3, 0.4) is 0 Å². The highest BCUT2D eigenvalue weighted by molar-refractivity contribution is 4.72. The van der Waals surface area contributed by atoms with E-state index in [-0.39, 0.29) is 0 Å². The molecule has 1 unspecified atom stereocenters. The third-order valence-electron chi connectivity index (χ3n) is 3.44. The molecular weight excluding hydrogens is 188 g/mol. The maximum absolute atomic E-state index is 5.89. The average Bonchev–Trinajstić information content (AvgIpc) is 2.29. The largest absolute Gasteiger partial charge is 0.381 e. The molecule has 0 bridgehead atoms. The maximum Gasteiger partial charge on any atom is 0.0595 e. The number of hydrogen-bond donors (Lipinski definition) is 1. The summed E-state index contributed by atoms with van der Waals surface area (Å²) >= 11 is 0. The molecule has 3 nitrogen and oxygen atoms in total. The van der Waals surface area contributed by atoms with Crippen LogP contribution in [0.1, 0.15) is 39.0 Å². The second-order valence-corrected chi connectivity index (χ2v) is 4.59. The lowest BCUT2D eigenvalue weighted by Crippen LogP contribution is -2.37. The molecule has 0 aromatic carbocycles. The van der Waals surface area contributed by atoms with Gasteiger partial charge in [0.1, 0.15) is 0 Å². The van der Waals surface area contributed by atoms with E-state index in [1.807, 2.05) is 7.11 Å². The van der Waals surface area contributed by atoms with E-state index < -0.39 is 0 Å². The lowest BCUT2D eigenvalue weighted by molar-refractivity contribution is 0.0406. The van der Waals surface area contributed by atoms with Crippen molar-refractivity contribution in [3.05, 3.63) is 0 Å². The predicted octanol–water partition coefficient (Wildman–Crippen LogP) is 1.61. The van der Waals surface area contributed by atoms with Crippen LogP contribution in [0.2, 0.25) is 0 Å². The number of nitrogens with two attached hydrogens (primary N) is 1. The molecule has 0 aromatic rings. The molecule has 1 aliphatic heterocycles. The van der Waals surface area contributed by atoms with Crippen molar-refractivity contribution in [3.8, 4) is 0 Å². The minimum absolute atomic E-state index is 0.404. The molecule has 0 aromatic heterocycles. The van der Waals surface area contributed by atoms with E-state index in [4.69, 9.17) is 10.5 Å². The monoisotopic (exact) mass is 214 g/mol. The SMILES string of the molecule is CCC(N)CCCN1CCC(OC)CC1. The number of hydrogen-bond acceptors (Lipinski definition) is 3. The highest BCUT2D eigenvalue weighted by atomic mass is 16.5. The normalized spacial score (nSPS) is 21.8. The molecule has 0 radical (unpaired) electrons. The van der Waals surface area contributed by atoms with Gasteiger partial charge in [-0.25, -0.2) is 0 Å². The lowest BCUT2D eigenvalue weighted by atomic mass is 10.1. The van der Waals surface area contributed by atoms with Gasteiger partial charge in [0.25, 0.3) is 0 Å². The standard InChI is InChI=1S/C12H26N2O/c1-3-11(13)5-4-8-14-9-6-12(15-2)7-10-14/h11-12H,3-10,13H2,1-2H3. The summed E-state index contributed by atoms with van der Waals surface area (Å²) < 4.78 is 5.35. The van der Waals surface area contributed by atoms with Gasteiger partial charge in [-0.05, 0) is 38.6 Å². The number of methoxy groups -OCH3 is 1. The summed E-state index contributed by atoms with van der Waals surface area (Å²) in [5, 5.41) is 0. The van der Waals surface area contributed by atoms with E-state index in [9.17, 15) is 0 Å². The van der Waals surface area contributed by atoms with Crippen LogP contribution < -0.4 is 5.73 Å². The minimum atomic E-state index is 0.404. The Kier molecular flexibility index (Phi) is 6.22. The van der Waals surface area contributed by atoms with Gasteiger partial charge in [0.15, 0.2) is 0 Å². The second kappa shape index (κ2) is 7.20. The third kappa shape index (κ3) is 4.96. The maximum atomic E-state index is 5.89. The summed E-state index contributed by atoms with van der Waals surface area (Å²) in [5.41, 5.74) is 5.89.